The molecule has 1 heterocycles. The molecule has 0 aliphatic rings. The predicted octanol–water partition coefficient (Wildman–Crippen LogP) is 3.00. The molecule has 0 radical (unpaired) electrons. The molecule has 14 heavy (non-hydrogen) atoms. The first-order valence-corrected chi connectivity index (χ1v) is 5.16. The molecule has 0 unspecified atom stereocenters. The highest BCUT2D eigenvalue weighted by Crippen LogP contribution is 2.32. The lowest BCUT2D eigenvalue weighted by atomic mass is 10.2. The maximum atomic E-state index is 5.95. The lowest BCUT2D eigenvalue weighted by molar-refractivity contribution is 0.412. The third-order valence-electron chi connectivity index (χ3n) is 2.08. The number of hydrogen-bond donors (Lipinski definition) is 0. The van der Waals surface area contributed by atoms with Crippen molar-refractivity contribution in [3.63, 3.8) is 0 Å². The van der Waals surface area contributed by atoms with Crippen molar-refractivity contribution in [3.05, 3.63) is 21.8 Å². The van der Waals surface area contributed by atoms with Crippen LogP contribution in [0.5, 0.6) is 5.75 Å². The van der Waals surface area contributed by atoms with Crippen LogP contribution in [0.3, 0.4) is 0 Å². The van der Waals surface area contributed by atoms with Gasteiger partial charge in [-0.25, -0.2) is 0 Å². The highest BCUT2D eigenvalue weighted by Gasteiger charge is 2.10. The van der Waals surface area contributed by atoms with Gasteiger partial charge >= 0.3 is 0 Å². The number of aryl methyl sites for hydroxylation is 1. The third-order valence-corrected chi connectivity index (χ3v) is 2.98. The van der Waals surface area contributed by atoms with E-state index in [0.29, 0.717) is 5.15 Å². The van der Waals surface area contributed by atoms with Gasteiger partial charge in [0.2, 0.25) is 0 Å². The molecule has 1 aromatic carbocycles. The number of aromatic nitrogens is 2. The number of rotatable bonds is 1. The predicted molar refractivity (Wildman–Crippen MR) is 60.0 cm³/mol. The van der Waals surface area contributed by atoms with Crippen molar-refractivity contribution in [3.8, 4) is 5.75 Å². The number of methoxy groups -OCH3 is 1. The summed E-state index contributed by atoms with van der Waals surface area (Å²) in [4.78, 5) is 0. The van der Waals surface area contributed by atoms with Gasteiger partial charge in [-0.15, -0.1) is 0 Å². The molecule has 2 aromatic rings. The van der Waals surface area contributed by atoms with Crippen molar-refractivity contribution < 1.29 is 4.74 Å². The fraction of sp³-hybridized carbons (Fsp3) is 0.222. The molecule has 2 rings (SSSR count). The normalized spacial score (nSPS) is 10.9. The van der Waals surface area contributed by atoms with Crippen LogP contribution in [0, 0.1) is 0 Å². The van der Waals surface area contributed by atoms with Crippen molar-refractivity contribution in [2.45, 2.75) is 0 Å². The fourth-order valence-corrected chi connectivity index (χ4v) is 2.14. The average Bonchev–Trinajstić information content (AvgIpc) is 2.41. The number of benzene rings is 1. The summed E-state index contributed by atoms with van der Waals surface area (Å²) >= 11 is 9.35. The SMILES string of the molecule is COc1cc2c(cc1Br)c(Cl)nn2C. The van der Waals surface area contributed by atoms with Crippen LogP contribution in [0.2, 0.25) is 5.15 Å². The first kappa shape index (κ1) is 9.80. The van der Waals surface area contributed by atoms with Crippen LogP contribution in [0.1, 0.15) is 0 Å². The van der Waals surface area contributed by atoms with Gasteiger partial charge < -0.3 is 4.74 Å². The van der Waals surface area contributed by atoms with Gasteiger partial charge in [0.25, 0.3) is 0 Å². The first-order valence-electron chi connectivity index (χ1n) is 3.99. The Bertz CT molecular complexity index is 495. The van der Waals surface area contributed by atoms with Crippen LogP contribution < -0.4 is 4.74 Å². The van der Waals surface area contributed by atoms with Crippen LogP contribution in [0.15, 0.2) is 16.6 Å². The molecule has 0 N–H and O–H groups in total. The Balaban J connectivity index is 2.82. The minimum atomic E-state index is 0.505. The number of halogens is 2. The number of ether oxygens (including phenoxy) is 1. The van der Waals surface area contributed by atoms with Crippen molar-refractivity contribution in [2.75, 3.05) is 7.11 Å². The summed E-state index contributed by atoms with van der Waals surface area (Å²) in [5.41, 5.74) is 0.954. The average molecular weight is 276 g/mol. The molecular formula is C9H8BrClN2O. The molecule has 0 fully saturated rings. The van der Waals surface area contributed by atoms with Crippen LogP contribution in [-0.2, 0) is 7.05 Å². The summed E-state index contributed by atoms with van der Waals surface area (Å²) in [6, 6.07) is 3.81. The number of fused-ring (bicyclic) bond motifs is 1. The van der Waals surface area contributed by atoms with Gasteiger partial charge in [-0.1, -0.05) is 11.6 Å². The van der Waals surface area contributed by atoms with E-state index in [1.54, 1.807) is 11.8 Å². The second-order valence-electron chi connectivity index (χ2n) is 2.92. The lowest BCUT2D eigenvalue weighted by Gasteiger charge is -2.03. The summed E-state index contributed by atoms with van der Waals surface area (Å²) in [7, 11) is 3.48. The van der Waals surface area contributed by atoms with Gasteiger partial charge in [0.1, 0.15) is 5.75 Å². The van der Waals surface area contributed by atoms with E-state index in [0.717, 1.165) is 21.1 Å². The van der Waals surface area contributed by atoms with Gasteiger partial charge in [-0.3, -0.25) is 4.68 Å². The van der Waals surface area contributed by atoms with Crippen molar-refractivity contribution in [1.29, 1.82) is 0 Å². The molecule has 5 heteroatoms. The maximum absolute atomic E-state index is 5.95. The number of nitrogens with zero attached hydrogens (tertiary/aromatic N) is 2. The van der Waals surface area contributed by atoms with Crippen molar-refractivity contribution in [1.82, 2.24) is 9.78 Å². The Labute approximate surface area is 94.7 Å². The molecule has 3 nitrogen and oxygen atoms in total. The molecule has 0 amide bonds. The van der Waals surface area contributed by atoms with E-state index in [2.05, 4.69) is 21.0 Å². The molecular weight excluding hydrogens is 267 g/mol. The monoisotopic (exact) mass is 274 g/mol. The van der Waals surface area contributed by atoms with Gasteiger partial charge in [-0.05, 0) is 22.0 Å². The van der Waals surface area contributed by atoms with Crippen LogP contribution in [-0.4, -0.2) is 16.9 Å². The van der Waals surface area contributed by atoms with Crippen molar-refractivity contribution >= 4 is 38.4 Å². The molecule has 0 saturated heterocycles. The zero-order valence-corrected chi connectivity index (χ0v) is 10.1. The van der Waals surface area contributed by atoms with E-state index < -0.39 is 0 Å². The van der Waals surface area contributed by atoms with Gasteiger partial charge in [0.15, 0.2) is 5.15 Å². The quantitative estimate of drug-likeness (QED) is 0.800. The first-order chi connectivity index (χ1) is 6.63. The largest absolute Gasteiger partial charge is 0.495 e. The summed E-state index contributed by atoms with van der Waals surface area (Å²) in [6.07, 6.45) is 0. The molecule has 0 aliphatic carbocycles. The summed E-state index contributed by atoms with van der Waals surface area (Å²) in [5, 5.41) is 5.54. The molecule has 0 bridgehead atoms. The van der Waals surface area contributed by atoms with Crippen molar-refractivity contribution in [2.24, 2.45) is 7.05 Å². The van der Waals surface area contributed by atoms with Gasteiger partial charge in [-0.2, -0.15) is 5.10 Å². The highest BCUT2D eigenvalue weighted by molar-refractivity contribution is 9.10. The molecule has 74 valence electrons. The van der Waals surface area contributed by atoms with Gasteiger partial charge in [0.05, 0.1) is 17.1 Å². The second kappa shape index (κ2) is 3.44. The van der Waals surface area contributed by atoms with E-state index in [4.69, 9.17) is 16.3 Å². The Morgan fingerprint density at radius 3 is 2.86 bits per heavy atom. The third kappa shape index (κ3) is 1.38. The Morgan fingerprint density at radius 1 is 1.50 bits per heavy atom. The molecule has 1 aromatic heterocycles. The Morgan fingerprint density at radius 2 is 2.21 bits per heavy atom. The minimum absolute atomic E-state index is 0.505. The minimum Gasteiger partial charge on any atom is -0.495 e. The van der Waals surface area contributed by atoms with Gasteiger partial charge in [0, 0.05) is 18.5 Å². The molecule has 0 saturated carbocycles. The topological polar surface area (TPSA) is 27.1 Å². The second-order valence-corrected chi connectivity index (χ2v) is 4.13. The molecule has 0 aliphatic heterocycles. The Hall–Kier alpha value is -0.740. The smallest absolute Gasteiger partial charge is 0.158 e. The summed E-state index contributed by atoms with van der Waals surface area (Å²) in [6.45, 7) is 0. The van der Waals surface area contributed by atoms with E-state index in [1.165, 1.54) is 0 Å². The van der Waals surface area contributed by atoms with E-state index in [-0.39, 0.29) is 0 Å². The standard InChI is InChI=1S/C9H8BrClN2O/c1-13-7-4-8(14-2)6(10)3-5(7)9(11)12-13/h3-4H,1-2H3. The van der Waals surface area contributed by atoms with E-state index >= 15 is 0 Å². The van der Waals surface area contributed by atoms with Crippen LogP contribution in [0.25, 0.3) is 10.9 Å². The highest BCUT2D eigenvalue weighted by atomic mass is 79.9. The lowest BCUT2D eigenvalue weighted by Crippen LogP contribution is -1.90. The summed E-state index contributed by atoms with van der Waals surface area (Å²) in [5.74, 6) is 0.775. The summed E-state index contributed by atoms with van der Waals surface area (Å²) < 4.78 is 7.79. The van der Waals surface area contributed by atoms with Crippen LogP contribution >= 0.6 is 27.5 Å². The van der Waals surface area contributed by atoms with E-state index in [1.807, 2.05) is 19.2 Å². The van der Waals surface area contributed by atoms with E-state index in [9.17, 15) is 0 Å². The molecule has 0 atom stereocenters. The zero-order chi connectivity index (χ0) is 10.3. The maximum Gasteiger partial charge on any atom is 0.158 e. The zero-order valence-electron chi connectivity index (χ0n) is 7.71. The molecule has 0 spiro atoms. The number of hydrogen-bond acceptors (Lipinski definition) is 2. The fourth-order valence-electron chi connectivity index (χ4n) is 1.37. The van der Waals surface area contributed by atoms with Crippen LogP contribution in [0.4, 0.5) is 0 Å². The Kier molecular flexibility index (Phi) is 2.41.